The molecule has 24 heavy (non-hydrogen) atoms. The lowest BCUT2D eigenvalue weighted by molar-refractivity contribution is 0.414. The summed E-state index contributed by atoms with van der Waals surface area (Å²) in [5.41, 5.74) is 3.61. The van der Waals surface area contributed by atoms with E-state index in [4.69, 9.17) is 4.74 Å². The highest BCUT2D eigenvalue weighted by atomic mass is 35.5. The van der Waals surface area contributed by atoms with Crippen LogP contribution in [0.15, 0.2) is 54.7 Å². The zero-order valence-electron chi connectivity index (χ0n) is 13.8. The molecule has 126 valence electrons. The molecular weight excluding hydrogens is 324 g/mol. The minimum absolute atomic E-state index is 0. The smallest absolute Gasteiger partial charge is 0.169 e. The minimum atomic E-state index is 0. The topological polar surface area (TPSA) is 52.0 Å². The number of ether oxygens (including phenoxy) is 1. The molecule has 3 rings (SSSR count). The lowest BCUT2D eigenvalue weighted by Gasteiger charge is -2.05. The highest BCUT2D eigenvalue weighted by molar-refractivity contribution is 5.85. The Labute approximate surface area is 148 Å². The summed E-state index contributed by atoms with van der Waals surface area (Å²) in [4.78, 5) is 0. The van der Waals surface area contributed by atoms with Crippen LogP contribution < -0.4 is 10.1 Å². The summed E-state index contributed by atoms with van der Waals surface area (Å²) in [6.07, 6.45) is 2.85. The van der Waals surface area contributed by atoms with Gasteiger partial charge in [0.15, 0.2) is 5.82 Å². The van der Waals surface area contributed by atoms with Crippen LogP contribution in [-0.4, -0.2) is 28.6 Å². The Morgan fingerprint density at radius 3 is 2.54 bits per heavy atom. The Kier molecular flexibility index (Phi) is 6.21. The average molecular weight is 345 g/mol. The number of rotatable bonds is 6. The van der Waals surface area contributed by atoms with Gasteiger partial charge in [0.25, 0.3) is 0 Å². The van der Waals surface area contributed by atoms with Crippen LogP contribution in [0.4, 0.5) is 5.82 Å². The maximum absolute atomic E-state index is 5.16. The number of halogens is 1. The Bertz CT molecular complexity index is 771. The Balaban J connectivity index is 0.00000208. The largest absolute Gasteiger partial charge is 0.497 e. The first-order valence-corrected chi connectivity index (χ1v) is 7.61. The molecule has 0 aliphatic carbocycles. The number of nitrogens with zero attached hydrogens (tertiary/aromatic N) is 3. The molecule has 0 radical (unpaired) electrons. The third-order valence-corrected chi connectivity index (χ3v) is 3.79. The van der Waals surface area contributed by atoms with Crippen LogP contribution >= 0.6 is 12.4 Å². The summed E-state index contributed by atoms with van der Waals surface area (Å²) in [5.74, 6) is 1.60. The summed E-state index contributed by atoms with van der Waals surface area (Å²) in [5, 5.41) is 11.6. The zero-order valence-corrected chi connectivity index (χ0v) is 14.6. The molecule has 6 heteroatoms. The monoisotopic (exact) mass is 344 g/mol. The van der Waals surface area contributed by atoms with E-state index in [0.717, 1.165) is 30.2 Å². The maximum atomic E-state index is 5.16. The van der Waals surface area contributed by atoms with Crippen molar-refractivity contribution in [2.24, 2.45) is 0 Å². The Morgan fingerprint density at radius 2 is 1.83 bits per heavy atom. The van der Waals surface area contributed by atoms with E-state index in [-0.39, 0.29) is 12.4 Å². The first kappa shape index (κ1) is 17.8. The SMILES string of the molecule is COc1ccc(-n2cc(NCCc3ccccc3C)nn2)cc1.Cl. The third kappa shape index (κ3) is 4.26. The number of hydrogen-bond donors (Lipinski definition) is 1. The molecule has 0 saturated heterocycles. The second kappa shape index (κ2) is 8.36. The molecule has 0 fully saturated rings. The van der Waals surface area contributed by atoms with E-state index in [1.165, 1.54) is 11.1 Å². The minimum Gasteiger partial charge on any atom is -0.497 e. The van der Waals surface area contributed by atoms with Gasteiger partial charge in [-0.05, 0) is 48.7 Å². The summed E-state index contributed by atoms with van der Waals surface area (Å²) in [6, 6.07) is 16.1. The molecule has 0 unspecified atom stereocenters. The van der Waals surface area contributed by atoms with Gasteiger partial charge in [0.05, 0.1) is 19.0 Å². The van der Waals surface area contributed by atoms with Gasteiger partial charge >= 0.3 is 0 Å². The Hall–Kier alpha value is -2.53. The van der Waals surface area contributed by atoms with Crippen molar-refractivity contribution in [3.63, 3.8) is 0 Å². The fraction of sp³-hybridized carbons (Fsp3) is 0.222. The van der Waals surface area contributed by atoms with Crippen molar-refractivity contribution in [1.82, 2.24) is 15.0 Å². The molecule has 1 aromatic heterocycles. The van der Waals surface area contributed by atoms with E-state index in [1.807, 2.05) is 30.5 Å². The van der Waals surface area contributed by atoms with Crippen LogP contribution in [0.1, 0.15) is 11.1 Å². The van der Waals surface area contributed by atoms with Crippen molar-refractivity contribution >= 4 is 18.2 Å². The molecule has 0 aliphatic rings. The molecule has 2 aromatic carbocycles. The van der Waals surface area contributed by atoms with Crippen molar-refractivity contribution in [1.29, 1.82) is 0 Å². The van der Waals surface area contributed by atoms with Gasteiger partial charge < -0.3 is 10.1 Å². The van der Waals surface area contributed by atoms with Gasteiger partial charge in [-0.1, -0.05) is 29.5 Å². The molecule has 5 nitrogen and oxygen atoms in total. The standard InChI is InChI=1S/C18H20N4O.ClH/c1-14-5-3-4-6-15(14)11-12-19-18-13-22(21-20-18)16-7-9-17(23-2)10-8-16;/h3-10,13,19H,11-12H2,1-2H3;1H. The lowest BCUT2D eigenvalue weighted by atomic mass is 10.1. The third-order valence-electron chi connectivity index (χ3n) is 3.79. The van der Waals surface area contributed by atoms with Gasteiger partial charge in [0, 0.05) is 6.54 Å². The number of anilines is 1. The highest BCUT2D eigenvalue weighted by Gasteiger charge is 2.03. The second-order valence-electron chi connectivity index (χ2n) is 5.35. The van der Waals surface area contributed by atoms with Crippen LogP contribution in [0.25, 0.3) is 5.69 Å². The lowest BCUT2D eigenvalue weighted by Crippen LogP contribution is -2.06. The predicted molar refractivity (Wildman–Crippen MR) is 98.5 cm³/mol. The van der Waals surface area contributed by atoms with Crippen molar-refractivity contribution in [3.8, 4) is 11.4 Å². The highest BCUT2D eigenvalue weighted by Crippen LogP contribution is 2.15. The molecule has 0 aliphatic heterocycles. The maximum Gasteiger partial charge on any atom is 0.169 e. The quantitative estimate of drug-likeness (QED) is 0.741. The molecule has 3 aromatic rings. The van der Waals surface area contributed by atoms with Gasteiger partial charge in [-0.2, -0.15) is 0 Å². The summed E-state index contributed by atoms with van der Waals surface area (Å²) in [7, 11) is 1.65. The van der Waals surface area contributed by atoms with Crippen LogP contribution in [0.2, 0.25) is 0 Å². The van der Waals surface area contributed by atoms with Crippen LogP contribution in [0, 0.1) is 6.92 Å². The van der Waals surface area contributed by atoms with Crippen molar-refractivity contribution in [2.75, 3.05) is 19.0 Å². The van der Waals surface area contributed by atoms with E-state index < -0.39 is 0 Å². The molecule has 0 atom stereocenters. The van der Waals surface area contributed by atoms with E-state index in [9.17, 15) is 0 Å². The normalized spacial score (nSPS) is 10.1. The van der Waals surface area contributed by atoms with Crippen LogP contribution in [0.5, 0.6) is 5.75 Å². The molecule has 0 spiro atoms. The van der Waals surface area contributed by atoms with Gasteiger partial charge in [0.1, 0.15) is 5.75 Å². The molecule has 1 heterocycles. The fourth-order valence-electron chi connectivity index (χ4n) is 2.42. The number of aryl methyl sites for hydroxylation is 1. The van der Waals surface area contributed by atoms with Crippen LogP contribution in [0.3, 0.4) is 0 Å². The summed E-state index contributed by atoms with van der Waals surface area (Å²) in [6.45, 7) is 2.96. The summed E-state index contributed by atoms with van der Waals surface area (Å²) < 4.78 is 6.90. The van der Waals surface area contributed by atoms with Gasteiger partial charge in [0.2, 0.25) is 0 Å². The molecule has 0 bridgehead atoms. The molecule has 0 saturated carbocycles. The molecule has 1 N–H and O–H groups in total. The van der Waals surface area contributed by atoms with Crippen molar-refractivity contribution in [3.05, 3.63) is 65.9 Å². The van der Waals surface area contributed by atoms with Gasteiger partial charge in [-0.25, -0.2) is 4.68 Å². The van der Waals surface area contributed by atoms with E-state index in [2.05, 4.69) is 46.8 Å². The van der Waals surface area contributed by atoms with Crippen molar-refractivity contribution < 1.29 is 4.74 Å². The fourth-order valence-corrected chi connectivity index (χ4v) is 2.42. The second-order valence-corrected chi connectivity index (χ2v) is 5.35. The number of benzene rings is 2. The number of methoxy groups -OCH3 is 1. The van der Waals surface area contributed by atoms with Gasteiger partial charge in [-0.3, -0.25) is 0 Å². The van der Waals surface area contributed by atoms with Crippen molar-refractivity contribution in [2.45, 2.75) is 13.3 Å². The van der Waals surface area contributed by atoms with E-state index >= 15 is 0 Å². The molecular formula is C18H21ClN4O. The molecule has 0 amide bonds. The first-order chi connectivity index (χ1) is 11.3. The van der Waals surface area contributed by atoms with E-state index in [1.54, 1.807) is 11.8 Å². The number of aromatic nitrogens is 3. The van der Waals surface area contributed by atoms with Gasteiger partial charge in [-0.15, -0.1) is 17.5 Å². The number of nitrogens with one attached hydrogen (secondary N) is 1. The summed E-state index contributed by atoms with van der Waals surface area (Å²) >= 11 is 0. The number of hydrogen-bond acceptors (Lipinski definition) is 4. The van der Waals surface area contributed by atoms with E-state index in [0.29, 0.717) is 0 Å². The average Bonchev–Trinajstić information content (AvgIpc) is 3.06. The first-order valence-electron chi connectivity index (χ1n) is 7.61. The zero-order chi connectivity index (χ0) is 16.1. The predicted octanol–water partition coefficient (Wildman–Crippen LogP) is 3.66. The van der Waals surface area contributed by atoms with Crippen LogP contribution in [-0.2, 0) is 6.42 Å². The Morgan fingerprint density at radius 1 is 1.08 bits per heavy atom.